The average Bonchev–Trinajstić information content (AvgIpc) is 2.00. The summed E-state index contributed by atoms with van der Waals surface area (Å²) in [7, 11) is 0. The van der Waals surface area contributed by atoms with Crippen LogP contribution in [0.15, 0.2) is 17.0 Å². The van der Waals surface area contributed by atoms with E-state index < -0.39 is 27.9 Å². The Kier molecular flexibility index (Phi) is 2.94. The fraction of sp³-hybridized carbons (Fsp3) is 0.250. The molecule has 0 bridgehead atoms. The van der Waals surface area contributed by atoms with E-state index >= 15 is 0 Å². The number of thiol groups is 1. The second kappa shape index (κ2) is 3.73. The SMILES string of the molecule is Cc1c(C(F)(F)F)ccc(S)c1[N+](=O)[O-]. The lowest BCUT2D eigenvalue weighted by Crippen LogP contribution is -2.09. The van der Waals surface area contributed by atoms with Gasteiger partial charge in [-0.25, -0.2) is 0 Å². The number of nitro benzene ring substituents is 1. The molecule has 15 heavy (non-hydrogen) atoms. The van der Waals surface area contributed by atoms with Gasteiger partial charge in [0.05, 0.1) is 15.4 Å². The maximum Gasteiger partial charge on any atom is 0.416 e. The minimum Gasteiger partial charge on any atom is -0.258 e. The molecule has 0 fully saturated rings. The molecular formula is C8H6F3NO2S. The Morgan fingerprint density at radius 1 is 1.40 bits per heavy atom. The summed E-state index contributed by atoms with van der Waals surface area (Å²) in [4.78, 5) is 9.56. The maximum atomic E-state index is 12.4. The van der Waals surface area contributed by atoms with Crippen LogP contribution in [-0.4, -0.2) is 4.92 Å². The minimum absolute atomic E-state index is 0.0782. The largest absolute Gasteiger partial charge is 0.416 e. The van der Waals surface area contributed by atoms with Gasteiger partial charge < -0.3 is 0 Å². The Morgan fingerprint density at radius 3 is 2.33 bits per heavy atom. The summed E-state index contributed by atoms with van der Waals surface area (Å²) in [6.45, 7) is 1.06. The molecule has 82 valence electrons. The lowest BCUT2D eigenvalue weighted by Gasteiger charge is -2.10. The summed E-state index contributed by atoms with van der Waals surface area (Å²) in [5.74, 6) is 0. The van der Waals surface area contributed by atoms with Crippen LogP contribution in [0, 0.1) is 17.0 Å². The van der Waals surface area contributed by atoms with Crippen LogP contribution in [0.3, 0.4) is 0 Å². The van der Waals surface area contributed by atoms with Crippen LogP contribution in [0.2, 0.25) is 0 Å². The molecule has 0 aliphatic rings. The van der Waals surface area contributed by atoms with E-state index in [1.54, 1.807) is 0 Å². The molecule has 0 aromatic heterocycles. The third-order valence-electron chi connectivity index (χ3n) is 1.90. The van der Waals surface area contributed by atoms with E-state index in [9.17, 15) is 23.3 Å². The molecule has 0 amide bonds. The summed E-state index contributed by atoms with van der Waals surface area (Å²) in [5, 5.41) is 10.5. The number of hydrogen-bond donors (Lipinski definition) is 1. The monoisotopic (exact) mass is 237 g/mol. The van der Waals surface area contributed by atoms with Crippen molar-refractivity contribution in [3.8, 4) is 0 Å². The molecule has 0 heterocycles. The number of halogens is 3. The average molecular weight is 237 g/mol. The Balaban J connectivity index is 3.49. The first-order chi connectivity index (χ1) is 6.75. The Morgan fingerprint density at radius 2 is 1.93 bits per heavy atom. The minimum atomic E-state index is -4.59. The van der Waals surface area contributed by atoms with Crippen molar-refractivity contribution < 1.29 is 18.1 Å². The summed E-state index contributed by atoms with van der Waals surface area (Å²) in [6.07, 6.45) is -4.59. The molecule has 0 unspecified atom stereocenters. The summed E-state index contributed by atoms with van der Waals surface area (Å²) in [6, 6.07) is 1.75. The Hall–Kier alpha value is -1.24. The van der Waals surface area contributed by atoms with E-state index in [1.807, 2.05) is 0 Å². The van der Waals surface area contributed by atoms with E-state index in [1.165, 1.54) is 0 Å². The van der Waals surface area contributed by atoms with Gasteiger partial charge in [-0.15, -0.1) is 12.6 Å². The molecule has 0 spiro atoms. The molecule has 7 heteroatoms. The molecule has 0 aliphatic heterocycles. The number of rotatable bonds is 1. The van der Waals surface area contributed by atoms with Crippen molar-refractivity contribution >= 4 is 18.3 Å². The van der Waals surface area contributed by atoms with Gasteiger partial charge in [-0.05, 0) is 19.1 Å². The van der Waals surface area contributed by atoms with Crippen LogP contribution < -0.4 is 0 Å². The van der Waals surface area contributed by atoms with Crippen LogP contribution >= 0.6 is 12.6 Å². The molecule has 3 nitrogen and oxygen atoms in total. The predicted molar refractivity (Wildman–Crippen MR) is 50.1 cm³/mol. The summed E-state index contributed by atoms with van der Waals surface area (Å²) < 4.78 is 37.1. The number of nitro groups is 1. The fourth-order valence-corrected chi connectivity index (χ4v) is 1.55. The van der Waals surface area contributed by atoms with Gasteiger partial charge in [0.1, 0.15) is 0 Å². The zero-order valence-electron chi connectivity index (χ0n) is 7.50. The quantitative estimate of drug-likeness (QED) is 0.463. The molecule has 0 saturated carbocycles. The van der Waals surface area contributed by atoms with Gasteiger partial charge >= 0.3 is 6.18 Å². The highest BCUT2D eigenvalue weighted by molar-refractivity contribution is 7.80. The van der Waals surface area contributed by atoms with Crippen molar-refractivity contribution in [2.24, 2.45) is 0 Å². The van der Waals surface area contributed by atoms with E-state index in [-0.39, 0.29) is 4.90 Å². The van der Waals surface area contributed by atoms with Gasteiger partial charge in [-0.2, -0.15) is 13.2 Å². The van der Waals surface area contributed by atoms with E-state index in [0.29, 0.717) is 0 Å². The van der Waals surface area contributed by atoms with Crippen LogP contribution in [0.1, 0.15) is 11.1 Å². The Bertz CT molecular complexity index is 417. The van der Waals surface area contributed by atoms with Crippen LogP contribution in [-0.2, 0) is 6.18 Å². The summed E-state index contributed by atoms with van der Waals surface area (Å²) >= 11 is 3.74. The molecule has 1 rings (SSSR count). The fourth-order valence-electron chi connectivity index (χ4n) is 1.22. The maximum absolute atomic E-state index is 12.4. The van der Waals surface area contributed by atoms with Crippen molar-refractivity contribution in [2.45, 2.75) is 18.0 Å². The number of benzene rings is 1. The second-order valence-corrected chi connectivity index (χ2v) is 3.34. The first-order valence-corrected chi connectivity index (χ1v) is 4.24. The first kappa shape index (κ1) is 11.8. The van der Waals surface area contributed by atoms with Crippen molar-refractivity contribution in [3.63, 3.8) is 0 Å². The van der Waals surface area contributed by atoms with Crippen molar-refractivity contribution in [1.29, 1.82) is 0 Å². The number of nitrogens with zero attached hydrogens (tertiary/aromatic N) is 1. The van der Waals surface area contributed by atoms with E-state index in [0.717, 1.165) is 19.1 Å². The Labute approximate surface area is 88.5 Å². The molecule has 1 aromatic rings. The lowest BCUT2D eigenvalue weighted by molar-refractivity contribution is -0.388. The van der Waals surface area contributed by atoms with Crippen molar-refractivity contribution in [2.75, 3.05) is 0 Å². The van der Waals surface area contributed by atoms with Gasteiger partial charge in [-0.1, -0.05) is 0 Å². The highest BCUT2D eigenvalue weighted by Crippen LogP contribution is 2.37. The lowest BCUT2D eigenvalue weighted by atomic mass is 10.1. The van der Waals surface area contributed by atoms with Gasteiger partial charge in [0.25, 0.3) is 5.69 Å². The van der Waals surface area contributed by atoms with Gasteiger partial charge in [0.15, 0.2) is 0 Å². The topological polar surface area (TPSA) is 43.1 Å². The molecule has 0 N–H and O–H groups in total. The molecular weight excluding hydrogens is 231 g/mol. The molecule has 0 aliphatic carbocycles. The molecule has 0 saturated heterocycles. The second-order valence-electron chi connectivity index (χ2n) is 2.86. The highest BCUT2D eigenvalue weighted by atomic mass is 32.1. The van der Waals surface area contributed by atoms with E-state index in [2.05, 4.69) is 12.6 Å². The van der Waals surface area contributed by atoms with Crippen LogP contribution in [0.25, 0.3) is 0 Å². The van der Waals surface area contributed by atoms with Crippen molar-refractivity contribution in [3.05, 3.63) is 33.4 Å². The zero-order valence-corrected chi connectivity index (χ0v) is 8.39. The van der Waals surface area contributed by atoms with Gasteiger partial charge in [0, 0.05) is 5.56 Å². The highest BCUT2D eigenvalue weighted by Gasteiger charge is 2.35. The summed E-state index contributed by atoms with van der Waals surface area (Å²) in [5.41, 5.74) is -2.03. The molecule has 0 atom stereocenters. The van der Waals surface area contributed by atoms with E-state index in [4.69, 9.17) is 0 Å². The third kappa shape index (κ3) is 2.23. The van der Waals surface area contributed by atoms with Gasteiger partial charge in [-0.3, -0.25) is 10.1 Å². The smallest absolute Gasteiger partial charge is 0.258 e. The number of hydrogen-bond acceptors (Lipinski definition) is 3. The standard InChI is InChI=1S/C8H6F3NO2S/c1-4-5(8(9,10)11)2-3-6(15)7(4)12(13)14/h2-3,15H,1H3. The normalized spacial score (nSPS) is 11.5. The van der Waals surface area contributed by atoms with Crippen molar-refractivity contribution in [1.82, 2.24) is 0 Å². The molecule has 1 aromatic carbocycles. The zero-order chi connectivity index (χ0) is 11.8. The first-order valence-electron chi connectivity index (χ1n) is 3.79. The predicted octanol–water partition coefficient (Wildman–Crippen LogP) is 3.21. The van der Waals surface area contributed by atoms with Crippen LogP contribution in [0.5, 0.6) is 0 Å². The molecule has 0 radical (unpaired) electrons. The number of alkyl halides is 3. The third-order valence-corrected chi connectivity index (χ3v) is 2.26. The van der Waals surface area contributed by atoms with Crippen LogP contribution in [0.4, 0.5) is 18.9 Å². The van der Waals surface area contributed by atoms with Gasteiger partial charge in [0.2, 0.25) is 0 Å².